The van der Waals surface area contributed by atoms with E-state index in [4.69, 9.17) is 4.98 Å². The van der Waals surface area contributed by atoms with Crippen LogP contribution in [0.15, 0.2) is 30.5 Å². The van der Waals surface area contributed by atoms with Gasteiger partial charge in [0.25, 0.3) is 0 Å². The maximum atomic E-state index is 4.71. The molecule has 1 aliphatic rings. The number of aryl methyl sites for hydroxylation is 1. The van der Waals surface area contributed by atoms with Gasteiger partial charge < -0.3 is 4.90 Å². The molecule has 1 saturated heterocycles. The van der Waals surface area contributed by atoms with E-state index in [1.54, 1.807) is 0 Å². The maximum Gasteiger partial charge on any atom is 0.161 e. The van der Waals surface area contributed by atoms with Gasteiger partial charge in [-0.05, 0) is 45.3 Å². The van der Waals surface area contributed by atoms with Crippen molar-refractivity contribution in [2.45, 2.75) is 39.2 Å². The van der Waals surface area contributed by atoms with Crippen LogP contribution in [0.25, 0.3) is 11.4 Å². The van der Waals surface area contributed by atoms with Crippen molar-refractivity contribution in [2.75, 3.05) is 32.1 Å². The summed E-state index contributed by atoms with van der Waals surface area (Å²) < 4.78 is 0. The zero-order valence-electron chi connectivity index (χ0n) is 15.3. The minimum atomic E-state index is 0.482. The molecule has 4 heteroatoms. The Balaban J connectivity index is 1.80. The van der Waals surface area contributed by atoms with Crippen molar-refractivity contribution in [1.29, 1.82) is 0 Å². The minimum Gasteiger partial charge on any atom is -0.362 e. The summed E-state index contributed by atoms with van der Waals surface area (Å²) >= 11 is 0. The molecule has 1 aromatic heterocycles. The molecule has 3 rings (SSSR count). The third-order valence-corrected chi connectivity index (χ3v) is 4.96. The highest BCUT2D eigenvalue weighted by molar-refractivity contribution is 5.59. The van der Waals surface area contributed by atoms with Crippen LogP contribution in [0, 0.1) is 6.92 Å². The van der Waals surface area contributed by atoms with E-state index in [0.717, 1.165) is 22.8 Å². The molecule has 0 radical (unpaired) electrons. The summed E-state index contributed by atoms with van der Waals surface area (Å²) in [7, 11) is 4.03. The predicted octanol–water partition coefficient (Wildman–Crippen LogP) is 4.06. The number of nitrogens with zero attached hydrogens (tertiary/aromatic N) is 4. The van der Waals surface area contributed by atoms with Gasteiger partial charge in [-0.1, -0.05) is 30.7 Å². The molecule has 128 valence electrons. The lowest BCUT2D eigenvalue weighted by atomic mass is 10.0. The zero-order chi connectivity index (χ0) is 17.1. The second-order valence-electron chi connectivity index (χ2n) is 6.99. The van der Waals surface area contributed by atoms with Crippen molar-refractivity contribution in [2.24, 2.45) is 0 Å². The number of anilines is 1. The van der Waals surface area contributed by atoms with E-state index < -0.39 is 0 Å². The van der Waals surface area contributed by atoms with Gasteiger partial charge in [-0.15, -0.1) is 0 Å². The average molecular weight is 324 g/mol. The molecule has 0 saturated carbocycles. The molecule has 2 heterocycles. The molecule has 0 aliphatic carbocycles. The van der Waals surface area contributed by atoms with Gasteiger partial charge in [0.05, 0.1) is 0 Å². The van der Waals surface area contributed by atoms with Crippen LogP contribution in [-0.4, -0.2) is 42.1 Å². The van der Waals surface area contributed by atoms with E-state index in [9.17, 15) is 0 Å². The molecule has 1 fully saturated rings. The lowest BCUT2D eigenvalue weighted by Gasteiger charge is -2.32. The predicted molar refractivity (Wildman–Crippen MR) is 100 cm³/mol. The summed E-state index contributed by atoms with van der Waals surface area (Å²) in [5, 5.41) is 0. The summed E-state index contributed by atoms with van der Waals surface area (Å²) in [5.41, 5.74) is 3.55. The van der Waals surface area contributed by atoms with E-state index in [-0.39, 0.29) is 0 Å². The summed E-state index contributed by atoms with van der Waals surface area (Å²) in [6.07, 6.45) is 5.93. The molecule has 1 aliphatic heterocycles. The van der Waals surface area contributed by atoms with Crippen molar-refractivity contribution in [3.05, 3.63) is 41.6 Å². The van der Waals surface area contributed by atoms with Crippen LogP contribution in [0.5, 0.6) is 0 Å². The Kier molecular flexibility index (Phi) is 5.14. The molecule has 0 unspecified atom stereocenters. The van der Waals surface area contributed by atoms with Gasteiger partial charge in [-0.3, -0.25) is 4.90 Å². The fraction of sp³-hybridized carbons (Fsp3) is 0.500. The third-order valence-electron chi connectivity index (χ3n) is 4.96. The van der Waals surface area contributed by atoms with Crippen molar-refractivity contribution in [3.63, 3.8) is 0 Å². The molecule has 1 atom stereocenters. The normalized spacial score (nSPS) is 16.8. The number of likely N-dealkylation sites (tertiary alicyclic amines) is 1. The summed E-state index contributed by atoms with van der Waals surface area (Å²) in [6.45, 7) is 6.79. The van der Waals surface area contributed by atoms with Crippen molar-refractivity contribution >= 4 is 5.82 Å². The highest BCUT2D eigenvalue weighted by atomic mass is 15.2. The van der Waals surface area contributed by atoms with Crippen molar-refractivity contribution in [1.82, 2.24) is 14.9 Å². The number of hydrogen-bond donors (Lipinski definition) is 0. The third kappa shape index (κ3) is 3.59. The Bertz CT molecular complexity index is 673. The first kappa shape index (κ1) is 16.9. The van der Waals surface area contributed by atoms with Crippen LogP contribution < -0.4 is 4.90 Å². The number of hydrogen-bond acceptors (Lipinski definition) is 4. The van der Waals surface area contributed by atoms with Crippen LogP contribution in [-0.2, 0) is 0 Å². The Morgan fingerprint density at radius 3 is 2.33 bits per heavy atom. The molecule has 1 aromatic carbocycles. The summed E-state index contributed by atoms with van der Waals surface area (Å²) in [4.78, 5) is 13.8. The van der Waals surface area contributed by atoms with Crippen molar-refractivity contribution < 1.29 is 0 Å². The number of benzene rings is 1. The standard InChI is InChI=1S/C20H28N4/c1-15-14-21-19(22-20(15)23(3)4)18-10-8-17(9-11-18)16(2)24-12-6-5-7-13-24/h8-11,14,16H,5-7,12-13H2,1-4H3/t16-/m1/s1. The van der Waals surface area contributed by atoms with Gasteiger partial charge in [0.2, 0.25) is 0 Å². The Morgan fingerprint density at radius 1 is 1.04 bits per heavy atom. The topological polar surface area (TPSA) is 32.3 Å². The molecule has 0 spiro atoms. The number of aromatic nitrogens is 2. The lowest BCUT2D eigenvalue weighted by Crippen LogP contribution is -2.32. The monoisotopic (exact) mass is 324 g/mol. The fourth-order valence-corrected chi connectivity index (χ4v) is 3.45. The van der Waals surface area contributed by atoms with Crippen molar-refractivity contribution in [3.8, 4) is 11.4 Å². The van der Waals surface area contributed by atoms with Gasteiger partial charge in [0.15, 0.2) is 5.82 Å². The van der Waals surface area contributed by atoms with Gasteiger partial charge in [-0.2, -0.15) is 0 Å². The molecule has 2 aromatic rings. The van der Waals surface area contributed by atoms with Gasteiger partial charge >= 0.3 is 0 Å². The number of piperidine rings is 1. The minimum absolute atomic E-state index is 0.482. The average Bonchev–Trinajstić information content (AvgIpc) is 2.62. The quantitative estimate of drug-likeness (QED) is 0.849. The zero-order valence-corrected chi connectivity index (χ0v) is 15.3. The van der Waals surface area contributed by atoms with E-state index in [2.05, 4.69) is 41.1 Å². The van der Waals surface area contributed by atoms with Gasteiger partial charge in [0, 0.05) is 37.5 Å². The Labute approximate surface area is 145 Å². The van der Waals surface area contributed by atoms with Crippen LogP contribution in [0.2, 0.25) is 0 Å². The molecular weight excluding hydrogens is 296 g/mol. The van der Waals surface area contributed by atoms with E-state index in [0.29, 0.717) is 6.04 Å². The second-order valence-corrected chi connectivity index (χ2v) is 6.99. The fourth-order valence-electron chi connectivity index (χ4n) is 3.45. The molecular formula is C20H28N4. The first-order valence-electron chi connectivity index (χ1n) is 8.91. The molecule has 0 N–H and O–H groups in total. The van der Waals surface area contributed by atoms with Crippen LogP contribution >= 0.6 is 0 Å². The summed E-state index contributed by atoms with van der Waals surface area (Å²) in [5.74, 6) is 1.77. The largest absolute Gasteiger partial charge is 0.362 e. The van der Waals surface area contributed by atoms with E-state index in [1.807, 2.05) is 32.1 Å². The van der Waals surface area contributed by atoms with Crippen LogP contribution in [0.1, 0.15) is 43.4 Å². The van der Waals surface area contributed by atoms with Gasteiger partial charge in [-0.25, -0.2) is 9.97 Å². The Morgan fingerprint density at radius 2 is 1.71 bits per heavy atom. The maximum absolute atomic E-state index is 4.71. The smallest absolute Gasteiger partial charge is 0.161 e. The highest BCUT2D eigenvalue weighted by Gasteiger charge is 2.18. The second kappa shape index (κ2) is 7.31. The first-order chi connectivity index (χ1) is 11.6. The van der Waals surface area contributed by atoms with E-state index >= 15 is 0 Å². The Hall–Kier alpha value is -1.94. The van der Waals surface area contributed by atoms with Crippen LogP contribution in [0.3, 0.4) is 0 Å². The molecule has 4 nitrogen and oxygen atoms in total. The van der Waals surface area contributed by atoms with Gasteiger partial charge in [0.1, 0.15) is 5.82 Å². The highest BCUT2D eigenvalue weighted by Crippen LogP contribution is 2.26. The summed E-state index contributed by atoms with van der Waals surface area (Å²) in [6, 6.07) is 9.25. The number of rotatable bonds is 4. The van der Waals surface area contributed by atoms with E-state index in [1.165, 1.54) is 37.9 Å². The molecule has 0 bridgehead atoms. The molecule has 0 amide bonds. The molecule has 24 heavy (non-hydrogen) atoms. The lowest BCUT2D eigenvalue weighted by molar-refractivity contribution is 0.175. The SMILES string of the molecule is Cc1cnc(-c2ccc([C@@H](C)N3CCCCC3)cc2)nc1N(C)C. The van der Waals surface area contributed by atoms with Crippen LogP contribution in [0.4, 0.5) is 5.82 Å². The first-order valence-corrected chi connectivity index (χ1v) is 8.91.